The van der Waals surface area contributed by atoms with E-state index in [0.717, 1.165) is 40.0 Å². The van der Waals surface area contributed by atoms with E-state index in [-0.39, 0.29) is 12.5 Å². The van der Waals surface area contributed by atoms with Crippen LogP contribution in [0, 0.1) is 0 Å². The van der Waals surface area contributed by atoms with Crippen molar-refractivity contribution in [2.24, 2.45) is 0 Å². The van der Waals surface area contributed by atoms with Gasteiger partial charge in [-0.25, -0.2) is 9.78 Å². The normalized spacial score (nSPS) is 13.8. The highest BCUT2D eigenvalue weighted by atomic mass is 16.5. The van der Waals surface area contributed by atoms with Crippen LogP contribution in [0.15, 0.2) is 77.4 Å². The number of hydrogen-bond acceptors (Lipinski definition) is 5. The first kappa shape index (κ1) is 20.7. The number of aromatic nitrogens is 1. The highest BCUT2D eigenvalue weighted by molar-refractivity contribution is 6.07. The Morgan fingerprint density at radius 2 is 1.82 bits per heavy atom. The van der Waals surface area contributed by atoms with Crippen LogP contribution in [0.5, 0.6) is 0 Å². The quantitative estimate of drug-likeness (QED) is 0.438. The first-order chi connectivity index (χ1) is 16.2. The number of allylic oxidation sites excluding steroid dienone is 1. The number of rotatable bonds is 6. The third kappa shape index (κ3) is 4.41. The van der Waals surface area contributed by atoms with Crippen molar-refractivity contribution in [1.82, 2.24) is 10.3 Å². The summed E-state index contributed by atoms with van der Waals surface area (Å²) < 4.78 is 10.9. The van der Waals surface area contributed by atoms with Crippen LogP contribution in [-0.4, -0.2) is 23.5 Å². The molecule has 0 unspecified atom stereocenters. The largest absolute Gasteiger partial charge is 0.465 e. The van der Waals surface area contributed by atoms with Gasteiger partial charge in [0.2, 0.25) is 0 Å². The number of para-hydroxylation sites is 1. The molecule has 33 heavy (non-hydrogen) atoms. The summed E-state index contributed by atoms with van der Waals surface area (Å²) in [6.45, 7) is 0.0396. The van der Waals surface area contributed by atoms with Crippen LogP contribution in [-0.2, 0) is 22.5 Å². The third-order valence-corrected chi connectivity index (χ3v) is 5.67. The van der Waals surface area contributed by atoms with Gasteiger partial charge in [-0.3, -0.25) is 4.79 Å². The lowest BCUT2D eigenvalue weighted by Crippen LogP contribution is -2.28. The summed E-state index contributed by atoms with van der Waals surface area (Å²) in [5, 5.41) is 3.51. The number of benzene rings is 2. The van der Waals surface area contributed by atoms with Crippen molar-refractivity contribution >= 4 is 34.4 Å². The predicted molar refractivity (Wildman–Crippen MR) is 125 cm³/mol. The van der Waals surface area contributed by atoms with Gasteiger partial charge >= 0.3 is 5.97 Å². The predicted octanol–water partition coefficient (Wildman–Crippen LogP) is 4.79. The molecule has 0 saturated carbocycles. The fraction of sp³-hybridized carbons (Fsp3) is 0.148. The molecule has 6 nitrogen and oxygen atoms in total. The molecular formula is C27H22N2O4. The number of esters is 1. The van der Waals surface area contributed by atoms with Gasteiger partial charge < -0.3 is 14.5 Å². The molecule has 2 aromatic carbocycles. The molecule has 6 heteroatoms. The zero-order valence-corrected chi connectivity index (χ0v) is 17.9. The number of ether oxygens (including phenoxy) is 1. The van der Waals surface area contributed by atoms with E-state index in [2.05, 4.69) is 5.32 Å². The van der Waals surface area contributed by atoms with Gasteiger partial charge in [-0.05, 0) is 53.8 Å². The van der Waals surface area contributed by atoms with Crippen molar-refractivity contribution in [2.75, 3.05) is 6.61 Å². The molecule has 0 fully saturated rings. The van der Waals surface area contributed by atoms with E-state index < -0.39 is 5.97 Å². The standard InChI is InChI=1S/C27H22N2O4/c30-24(28-16-18-7-2-1-3-8-18)17-33-27(31)25-21-10-4-5-11-23(21)29-26-19(12-13-22(25)26)15-20-9-6-14-32-20/h1-11,14-15H,12-13,16-17H2,(H,28,30). The van der Waals surface area contributed by atoms with Gasteiger partial charge in [0.1, 0.15) is 5.76 Å². The molecule has 2 heterocycles. The Bertz CT molecular complexity index is 1340. The highest BCUT2D eigenvalue weighted by Gasteiger charge is 2.28. The third-order valence-electron chi connectivity index (χ3n) is 5.67. The second-order valence-electron chi connectivity index (χ2n) is 7.85. The van der Waals surface area contributed by atoms with Crippen LogP contribution in [0.2, 0.25) is 0 Å². The summed E-state index contributed by atoms with van der Waals surface area (Å²) in [4.78, 5) is 30.2. The Morgan fingerprint density at radius 1 is 1.00 bits per heavy atom. The lowest BCUT2D eigenvalue weighted by Gasteiger charge is -2.12. The topological polar surface area (TPSA) is 81.4 Å². The second-order valence-corrected chi connectivity index (χ2v) is 7.85. The number of nitrogens with one attached hydrogen (secondary N) is 1. The molecule has 0 saturated heterocycles. The number of carbonyl (C=O) groups excluding carboxylic acids is 2. The molecule has 1 N–H and O–H groups in total. The van der Waals surface area contributed by atoms with Crippen molar-refractivity contribution in [3.63, 3.8) is 0 Å². The molecular weight excluding hydrogens is 416 g/mol. The number of nitrogens with zero attached hydrogens (tertiary/aromatic N) is 1. The summed E-state index contributed by atoms with van der Waals surface area (Å²) in [6, 6.07) is 20.8. The number of amides is 1. The first-order valence-electron chi connectivity index (χ1n) is 10.8. The molecule has 2 aromatic heterocycles. The van der Waals surface area contributed by atoms with E-state index in [4.69, 9.17) is 14.1 Å². The maximum Gasteiger partial charge on any atom is 0.339 e. The van der Waals surface area contributed by atoms with Crippen molar-refractivity contribution in [2.45, 2.75) is 19.4 Å². The van der Waals surface area contributed by atoms with Gasteiger partial charge in [0.05, 0.1) is 23.0 Å². The molecule has 0 radical (unpaired) electrons. The minimum atomic E-state index is -0.515. The fourth-order valence-electron chi connectivity index (χ4n) is 4.11. The van der Waals surface area contributed by atoms with Gasteiger partial charge in [0.25, 0.3) is 5.91 Å². The van der Waals surface area contributed by atoms with Crippen molar-refractivity contribution < 1.29 is 18.7 Å². The van der Waals surface area contributed by atoms with Crippen LogP contribution >= 0.6 is 0 Å². The molecule has 0 bridgehead atoms. The van der Waals surface area contributed by atoms with Crippen molar-refractivity contribution in [3.8, 4) is 0 Å². The molecule has 0 aliphatic heterocycles. The summed E-state index contributed by atoms with van der Waals surface area (Å²) >= 11 is 0. The summed E-state index contributed by atoms with van der Waals surface area (Å²) in [6.07, 6.45) is 5.00. The fourth-order valence-corrected chi connectivity index (χ4v) is 4.11. The average Bonchev–Trinajstić information content (AvgIpc) is 3.51. The molecule has 1 aliphatic rings. The van der Waals surface area contributed by atoms with Crippen molar-refractivity contribution in [1.29, 1.82) is 0 Å². The molecule has 0 spiro atoms. The van der Waals surface area contributed by atoms with Gasteiger partial charge in [0.15, 0.2) is 6.61 Å². The highest BCUT2D eigenvalue weighted by Crippen LogP contribution is 2.37. The summed E-state index contributed by atoms with van der Waals surface area (Å²) in [7, 11) is 0. The van der Waals surface area contributed by atoms with Gasteiger partial charge in [-0.15, -0.1) is 0 Å². The van der Waals surface area contributed by atoms with Crippen LogP contribution in [0.1, 0.15) is 39.4 Å². The Labute approximate surface area is 190 Å². The van der Waals surface area contributed by atoms with E-state index in [1.807, 2.05) is 72.8 Å². The Kier molecular flexibility index (Phi) is 5.72. The van der Waals surface area contributed by atoms with E-state index in [1.54, 1.807) is 6.26 Å². The van der Waals surface area contributed by atoms with E-state index in [9.17, 15) is 9.59 Å². The monoisotopic (exact) mass is 438 g/mol. The number of furan rings is 1. The number of pyridine rings is 1. The Balaban J connectivity index is 1.38. The lowest BCUT2D eigenvalue weighted by molar-refractivity contribution is -0.124. The Morgan fingerprint density at radius 3 is 2.64 bits per heavy atom. The molecule has 5 rings (SSSR count). The Hall–Kier alpha value is -4.19. The van der Waals surface area contributed by atoms with Crippen LogP contribution < -0.4 is 5.32 Å². The van der Waals surface area contributed by atoms with Gasteiger partial charge in [0, 0.05) is 11.9 Å². The minimum absolute atomic E-state index is 0.341. The first-order valence-corrected chi connectivity index (χ1v) is 10.8. The van der Waals surface area contributed by atoms with Gasteiger partial charge in [-0.2, -0.15) is 0 Å². The second kappa shape index (κ2) is 9.12. The number of carbonyl (C=O) groups is 2. The average molecular weight is 438 g/mol. The maximum absolute atomic E-state index is 13.2. The number of hydrogen-bond donors (Lipinski definition) is 1. The minimum Gasteiger partial charge on any atom is -0.465 e. The van der Waals surface area contributed by atoms with Crippen LogP contribution in [0.25, 0.3) is 22.6 Å². The van der Waals surface area contributed by atoms with Crippen LogP contribution in [0.3, 0.4) is 0 Å². The zero-order valence-electron chi connectivity index (χ0n) is 17.9. The lowest BCUT2D eigenvalue weighted by atomic mass is 10.0. The molecule has 0 atom stereocenters. The molecule has 4 aromatic rings. The summed E-state index contributed by atoms with van der Waals surface area (Å²) in [5.74, 6) is -0.119. The zero-order chi connectivity index (χ0) is 22.6. The molecule has 1 aliphatic carbocycles. The smallest absolute Gasteiger partial charge is 0.339 e. The van der Waals surface area contributed by atoms with Gasteiger partial charge in [-0.1, -0.05) is 48.5 Å². The SMILES string of the molecule is O=C(COC(=O)c1c2c(nc3ccccc13)C(=Cc1ccco1)CC2)NCc1ccccc1. The molecule has 1 amide bonds. The van der Waals surface area contributed by atoms with Crippen LogP contribution in [0.4, 0.5) is 0 Å². The van der Waals surface area contributed by atoms with Crippen molar-refractivity contribution in [3.05, 3.63) is 101 Å². The maximum atomic E-state index is 13.2. The summed E-state index contributed by atoms with van der Waals surface area (Å²) in [5.41, 5.74) is 4.82. The van der Waals surface area contributed by atoms with E-state index in [0.29, 0.717) is 24.0 Å². The number of fused-ring (bicyclic) bond motifs is 2. The van der Waals surface area contributed by atoms with E-state index in [1.165, 1.54) is 0 Å². The van der Waals surface area contributed by atoms with E-state index >= 15 is 0 Å². The molecule has 164 valence electrons.